The lowest BCUT2D eigenvalue weighted by molar-refractivity contribution is 0.117. The Morgan fingerprint density at radius 3 is 2.47 bits per heavy atom. The van der Waals surface area contributed by atoms with E-state index in [0.717, 1.165) is 24.3 Å². The second-order valence-corrected chi connectivity index (χ2v) is 4.52. The van der Waals surface area contributed by atoms with Gasteiger partial charge in [-0.2, -0.15) is 0 Å². The molecule has 1 rings (SSSR count). The highest BCUT2D eigenvalue weighted by molar-refractivity contribution is 5.45. The molecule has 0 aliphatic carbocycles. The van der Waals surface area contributed by atoms with Crippen LogP contribution >= 0.6 is 0 Å². The lowest BCUT2D eigenvalue weighted by Gasteiger charge is -2.06. The van der Waals surface area contributed by atoms with Crippen molar-refractivity contribution in [3.63, 3.8) is 0 Å². The number of para-hydroxylation sites is 1. The van der Waals surface area contributed by atoms with Gasteiger partial charge >= 0.3 is 0 Å². The largest absolute Gasteiger partial charge is 0.398 e. The molecule has 0 aromatic heterocycles. The van der Waals surface area contributed by atoms with Crippen LogP contribution in [0.15, 0.2) is 24.3 Å². The molecule has 2 heteroatoms. The van der Waals surface area contributed by atoms with Crippen molar-refractivity contribution < 1.29 is 4.74 Å². The highest BCUT2D eigenvalue weighted by Crippen LogP contribution is 2.12. The maximum atomic E-state index is 5.84. The average Bonchev–Trinajstić information content (AvgIpc) is 2.35. The van der Waals surface area contributed by atoms with Gasteiger partial charge in [0, 0.05) is 17.9 Å². The maximum absolute atomic E-state index is 5.84. The molecule has 0 radical (unpaired) electrons. The van der Waals surface area contributed by atoms with Crippen LogP contribution in [-0.4, -0.2) is 6.61 Å². The van der Waals surface area contributed by atoms with E-state index in [1.807, 2.05) is 24.3 Å². The third kappa shape index (κ3) is 6.32. The Morgan fingerprint density at radius 1 is 1.00 bits per heavy atom. The molecular formula is C15H25NO. The zero-order chi connectivity index (χ0) is 12.3. The molecule has 0 bridgehead atoms. The van der Waals surface area contributed by atoms with Gasteiger partial charge in [0.15, 0.2) is 0 Å². The zero-order valence-corrected chi connectivity index (χ0v) is 11.0. The number of ether oxygens (including phenoxy) is 1. The van der Waals surface area contributed by atoms with E-state index in [1.54, 1.807) is 0 Å². The zero-order valence-electron chi connectivity index (χ0n) is 11.0. The number of rotatable bonds is 9. The fraction of sp³-hybridized carbons (Fsp3) is 0.600. The quantitative estimate of drug-likeness (QED) is 0.515. The van der Waals surface area contributed by atoms with Gasteiger partial charge in [-0.25, -0.2) is 0 Å². The lowest BCUT2D eigenvalue weighted by atomic mass is 10.1. The molecule has 2 nitrogen and oxygen atoms in total. The highest BCUT2D eigenvalue weighted by atomic mass is 16.5. The number of benzene rings is 1. The number of nitrogens with two attached hydrogens (primary N) is 1. The van der Waals surface area contributed by atoms with Crippen LogP contribution in [0, 0.1) is 0 Å². The van der Waals surface area contributed by atoms with Crippen molar-refractivity contribution in [1.82, 2.24) is 0 Å². The molecule has 96 valence electrons. The Balaban J connectivity index is 1.99. The van der Waals surface area contributed by atoms with Gasteiger partial charge in [-0.1, -0.05) is 57.2 Å². The monoisotopic (exact) mass is 235 g/mol. The Labute approximate surface area is 105 Å². The Hall–Kier alpha value is -1.02. The molecule has 0 fully saturated rings. The van der Waals surface area contributed by atoms with Gasteiger partial charge in [0.05, 0.1) is 6.61 Å². The summed E-state index contributed by atoms with van der Waals surface area (Å²) in [5.74, 6) is 0. The first-order chi connectivity index (χ1) is 8.34. The van der Waals surface area contributed by atoms with Gasteiger partial charge in [-0.05, 0) is 12.5 Å². The molecule has 0 saturated carbocycles. The van der Waals surface area contributed by atoms with Crippen molar-refractivity contribution >= 4 is 5.69 Å². The summed E-state index contributed by atoms with van der Waals surface area (Å²) in [4.78, 5) is 0. The molecule has 1 aromatic rings. The van der Waals surface area contributed by atoms with Gasteiger partial charge < -0.3 is 10.5 Å². The van der Waals surface area contributed by atoms with Crippen LogP contribution in [0.4, 0.5) is 5.69 Å². The van der Waals surface area contributed by atoms with Crippen molar-refractivity contribution in [1.29, 1.82) is 0 Å². The minimum absolute atomic E-state index is 0.641. The van der Waals surface area contributed by atoms with Gasteiger partial charge in [0.1, 0.15) is 0 Å². The van der Waals surface area contributed by atoms with E-state index >= 15 is 0 Å². The van der Waals surface area contributed by atoms with Crippen molar-refractivity contribution in [3.8, 4) is 0 Å². The molecule has 0 saturated heterocycles. The van der Waals surface area contributed by atoms with Gasteiger partial charge in [-0.15, -0.1) is 0 Å². The molecular weight excluding hydrogens is 210 g/mol. The minimum atomic E-state index is 0.641. The number of hydrogen-bond donors (Lipinski definition) is 1. The smallest absolute Gasteiger partial charge is 0.0736 e. The van der Waals surface area contributed by atoms with Crippen LogP contribution in [0.2, 0.25) is 0 Å². The topological polar surface area (TPSA) is 35.2 Å². The Kier molecular flexibility index (Phi) is 7.48. The van der Waals surface area contributed by atoms with E-state index in [4.69, 9.17) is 10.5 Å². The first-order valence-electron chi connectivity index (χ1n) is 6.75. The summed E-state index contributed by atoms with van der Waals surface area (Å²) in [7, 11) is 0. The molecule has 0 heterocycles. The summed E-state index contributed by atoms with van der Waals surface area (Å²) in [5, 5.41) is 0. The molecule has 0 unspecified atom stereocenters. The normalized spacial score (nSPS) is 10.6. The summed E-state index contributed by atoms with van der Waals surface area (Å²) in [5.41, 5.74) is 7.76. The predicted octanol–water partition coefficient (Wildman–Crippen LogP) is 4.15. The van der Waals surface area contributed by atoms with Crippen molar-refractivity contribution in [2.45, 2.75) is 52.1 Å². The highest BCUT2D eigenvalue weighted by Gasteiger charge is 1.97. The van der Waals surface area contributed by atoms with Crippen LogP contribution in [0.3, 0.4) is 0 Å². The summed E-state index contributed by atoms with van der Waals surface area (Å²) in [6, 6.07) is 7.90. The molecule has 0 atom stereocenters. The van der Waals surface area contributed by atoms with Crippen LogP contribution < -0.4 is 5.73 Å². The molecule has 0 amide bonds. The molecule has 0 aliphatic heterocycles. The molecule has 0 spiro atoms. The second-order valence-electron chi connectivity index (χ2n) is 4.52. The predicted molar refractivity (Wildman–Crippen MR) is 73.9 cm³/mol. The van der Waals surface area contributed by atoms with Crippen LogP contribution in [0.25, 0.3) is 0 Å². The standard InChI is InChI=1S/C15H25NO/c1-2-3-4-5-6-9-12-17-13-14-10-7-8-11-15(14)16/h7-8,10-11H,2-6,9,12-13,16H2,1H3. The molecule has 2 N–H and O–H groups in total. The summed E-state index contributed by atoms with van der Waals surface area (Å²) < 4.78 is 5.63. The SMILES string of the molecule is CCCCCCCCOCc1ccccc1N. The number of nitrogen functional groups attached to an aromatic ring is 1. The van der Waals surface area contributed by atoms with E-state index in [1.165, 1.54) is 32.1 Å². The average molecular weight is 235 g/mol. The molecule has 17 heavy (non-hydrogen) atoms. The fourth-order valence-electron chi connectivity index (χ4n) is 1.83. The second kappa shape index (κ2) is 9.06. The fourth-order valence-corrected chi connectivity index (χ4v) is 1.83. The van der Waals surface area contributed by atoms with Gasteiger partial charge in [-0.3, -0.25) is 0 Å². The van der Waals surface area contributed by atoms with Gasteiger partial charge in [0.2, 0.25) is 0 Å². The van der Waals surface area contributed by atoms with E-state index in [2.05, 4.69) is 6.92 Å². The van der Waals surface area contributed by atoms with Crippen molar-refractivity contribution in [3.05, 3.63) is 29.8 Å². The van der Waals surface area contributed by atoms with E-state index in [9.17, 15) is 0 Å². The summed E-state index contributed by atoms with van der Waals surface area (Å²) in [6.07, 6.45) is 7.82. The number of hydrogen-bond acceptors (Lipinski definition) is 2. The van der Waals surface area contributed by atoms with Crippen LogP contribution in [0.1, 0.15) is 51.0 Å². The Morgan fingerprint density at radius 2 is 1.71 bits per heavy atom. The third-order valence-electron chi connectivity index (χ3n) is 2.95. The van der Waals surface area contributed by atoms with Crippen molar-refractivity contribution in [2.24, 2.45) is 0 Å². The van der Waals surface area contributed by atoms with Gasteiger partial charge in [0.25, 0.3) is 0 Å². The molecule has 1 aromatic carbocycles. The molecule has 0 aliphatic rings. The lowest BCUT2D eigenvalue weighted by Crippen LogP contribution is -1.99. The summed E-state index contributed by atoms with van der Waals surface area (Å²) >= 11 is 0. The van der Waals surface area contributed by atoms with Crippen LogP contribution in [0.5, 0.6) is 0 Å². The number of unbranched alkanes of at least 4 members (excludes halogenated alkanes) is 5. The van der Waals surface area contributed by atoms with Crippen LogP contribution in [-0.2, 0) is 11.3 Å². The van der Waals surface area contributed by atoms with Crippen molar-refractivity contribution in [2.75, 3.05) is 12.3 Å². The first kappa shape index (κ1) is 14.0. The maximum Gasteiger partial charge on any atom is 0.0736 e. The third-order valence-corrected chi connectivity index (χ3v) is 2.95. The first-order valence-corrected chi connectivity index (χ1v) is 6.75. The van der Waals surface area contributed by atoms with E-state index in [-0.39, 0.29) is 0 Å². The van der Waals surface area contributed by atoms with E-state index in [0.29, 0.717) is 6.61 Å². The Bertz CT molecular complexity index is 299. The van der Waals surface area contributed by atoms with E-state index < -0.39 is 0 Å². The number of anilines is 1. The summed E-state index contributed by atoms with van der Waals surface area (Å²) in [6.45, 7) is 3.73. The minimum Gasteiger partial charge on any atom is -0.398 e.